The monoisotopic (exact) mass is 503 g/mol. The molecule has 3 aromatic carbocycles. The van der Waals surface area contributed by atoms with Crippen molar-refractivity contribution in [3.8, 4) is 22.8 Å². The Hall–Kier alpha value is -3.75. The summed E-state index contributed by atoms with van der Waals surface area (Å²) in [6.45, 7) is 2.52. The van der Waals surface area contributed by atoms with Crippen molar-refractivity contribution in [2.45, 2.75) is 12.1 Å². The predicted molar refractivity (Wildman–Crippen MR) is 141 cm³/mol. The number of nitrogens with zero attached hydrogens (tertiary/aromatic N) is 3. The Kier molecular flexibility index (Phi) is 6.74. The maximum absolute atomic E-state index is 12.7. The molecule has 0 fully saturated rings. The van der Waals surface area contributed by atoms with E-state index in [9.17, 15) is 4.79 Å². The molecule has 0 bridgehead atoms. The molecule has 0 atom stereocenters. The smallest absolute Gasteiger partial charge is 0.234 e. The number of para-hydroxylation sites is 1. The molecule has 0 aliphatic carbocycles. The molecule has 0 saturated carbocycles. The van der Waals surface area contributed by atoms with Crippen LogP contribution >= 0.6 is 23.4 Å². The van der Waals surface area contributed by atoms with Gasteiger partial charge < -0.3 is 15.0 Å². The number of H-pyrrole nitrogens is 1. The highest BCUT2D eigenvalue weighted by atomic mass is 35.5. The molecule has 2 N–H and O–H groups in total. The van der Waals surface area contributed by atoms with Crippen LogP contribution in [-0.4, -0.2) is 38.0 Å². The first kappa shape index (κ1) is 23.0. The summed E-state index contributed by atoms with van der Waals surface area (Å²) in [5, 5.41) is 14.1. The normalized spacial score (nSPS) is 11.0. The van der Waals surface area contributed by atoms with E-state index in [-0.39, 0.29) is 11.7 Å². The van der Waals surface area contributed by atoms with Crippen molar-refractivity contribution in [2.75, 3.05) is 17.7 Å². The molecular formula is C26H22ClN5O2S. The number of fused-ring (bicyclic) bond motifs is 1. The van der Waals surface area contributed by atoms with Gasteiger partial charge in [0, 0.05) is 39.1 Å². The third kappa shape index (κ3) is 5.03. The first-order chi connectivity index (χ1) is 17.1. The molecule has 0 spiro atoms. The minimum Gasteiger partial charge on any atom is -0.494 e. The lowest BCUT2D eigenvalue weighted by molar-refractivity contribution is -0.113. The zero-order valence-corrected chi connectivity index (χ0v) is 20.4. The van der Waals surface area contributed by atoms with Crippen LogP contribution in [-0.2, 0) is 4.79 Å². The molecule has 0 saturated heterocycles. The van der Waals surface area contributed by atoms with Gasteiger partial charge in [0.2, 0.25) is 5.91 Å². The summed E-state index contributed by atoms with van der Waals surface area (Å²) in [6, 6.07) is 22.8. The maximum atomic E-state index is 12.7. The molecule has 5 rings (SSSR count). The van der Waals surface area contributed by atoms with Crippen molar-refractivity contribution in [1.29, 1.82) is 0 Å². The largest absolute Gasteiger partial charge is 0.494 e. The number of ether oxygens (including phenoxy) is 1. The number of aromatic amines is 1. The summed E-state index contributed by atoms with van der Waals surface area (Å²) in [5.74, 6) is 1.48. The number of carbonyl (C=O) groups is 1. The topological polar surface area (TPSA) is 84.8 Å². The Morgan fingerprint density at radius 2 is 1.83 bits per heavy atom. The van der Waals surface area contributed by atoms with Gasteiger partial charge in [0.15, 0.2) is 11.0 Å². The molecule has 5 aromatic rings. The maximum Gasteiger partial charge on any atom is 0.234 e. The number of aromatic nitrogens is 4. The molecule has 176 valence electrons. The third-order valence-corrected chi connectivity index (χ3v) is 6.51. The average molecular weight is 504 g/mol. The fraction of sp³-hybridized carbons (Fsp3) is 0.115. The number of benzene rings is 3. The van der Waals surface area contributed by atoms with Gasteiger partial charge in [0.1, 0.15) is 5.75 Å². The lowest BCUT2D eigenvalue weighted by atomic mass is 10.1. The van der Waals surface area contributed by atoms with Crippen LogP contribution < -0.4 is 10.1 Å². The van der Waals surface area contributed by atoms with E-state index in [1.165, 1.54) is 11.8 Å². The first-order valence-electron chi connectivity index (χ1n) is 11.1. The quantitative estimate of drug-likeness (QED) is 0.246. The number of amides is 1. The molecular weight excluding hydrogens is 482 g/mol. The number of anilines is 1. The highest BCUT2D eigenvalue weighted by molar-refractivity contribution is 7.99. The van der Waals surface area contributed by atoms with Gasteiger partial charge in [0.05, 0.1) is 12.4 Å². The van der Waals surface area contributed by atoms with Crippen molar-refractivity contribution < 1.29 is 9.53 Å². The van der Waals surface area contributed by atoms with E-state index in [1.54, 1.807) is 0 Å². The van der Waals surface area contributed by atoms with E-state index in [2.05, 4.69) is 20.5 Å². The van der Waals surface area contributed by atoms with Crippen molar-refractivity contribution in [2.24, 2.45) is 0 Å². The highest BCUT2D eigenvalue weighted by Gasteiger charge is 2.19. The molecule has 7 nitrogen and oxygen atoms in total. The third-order valence-electron chi connectivity index (χ3n) is 5.33. The lowest BCUT2D eigenvalue weighted by Gasteiger charge is -2.11. The Morgan fingerprint density at radius 1 is 1.06 bits per heavy atom. The summed E-state index contributed by atoms with van der Waals surface area (Å²) in [4.78, 5) is 15.9. The molecule has 1 amide bonds. The molecule has 9 heteroatoms. The summed E-state index contributed by atoms with van der Waals surface area (Å²) in [5.41, 5.74) is 3.50. The fourth-order valence-corrected chi connectivity index (χ4v) is 4.62. The van der Waals surface area contributed by atoms with Crippen molar-refractivity contribution in [1.82, 2.24) is 19.7 Å². The van der Waals surface area contributed by atoms with Crippen LogP contribution in [0.2, 0.25) is 5.02 Å². The van der Waals surface area contributed by atoms with E-state index in [1.807, 2.05) is 90.5 Å². The number of thioether (sulfide) groups is 1. The van der Waals surface area contributed by atoms with Crippen LogP contribution in [0, 0.1) is 0 Å². The zero-order valence-electron chi connectivity index (χ0n) is 18.9. The van der Waals surface area contributed by atoms with Crippen LogP contribution in [0.1, 0.15) is 6.92 Å². The van der Waals surface area contributed by atoms with Gasteiger partial charge in [-0.1, -0.05) is 41.6 Å². The summed E-state index contributed by atoms with van der Waals surface area (Å²) in [7, 11) is 0. The van der Waals surface area contributed by atoms with Crippen molar-refractivity contribution in [3.63, 3.8) is 0 Å². The van der Waals surface area contributed by atoms with Gasteiger partial charge in [-0.2, -0.15) is 0 Å². The van der Waals surface area contributed by atoms with Gasteiger partial charge in [0.25, 0.3) is 0 Å². The van der Waals surface area contributed by atoms with Gasteiger partial charge in [-0.15, -0.1) is 10.2 Å². The molecule has 0 unspecified atom stereocenters. The van der Waals surface area contributed by atoms with Crippen LogP contribution in [0.3, 0.4) is 0 Å². The summed E-state index contributed by atoms with van der Waals surface area (Å²) < 4.78 is 7.39. The predicted octanol–water partition coefficient (Wildman–Crippen LogP) is 6.20. The van der Waals surface area contributed by atoms with Crippen LogP contribution in [0.5, 0.6) is 5.75 Å². The van der Waals surface area contributed by atoms with E-state index in [0.29, 0.717) is 28.3 Å². The second-order valence-corrected chi connectivity index (χ2v) is 9.04. The van der Waals surface area contributed by atoms with E-state index in [4.69, 9.17) is 16.3 Å². The lowest BCUT2D eigenvalue weighted by Crippen LogP contribution is -2.14. The summed E-state index contributed by atoms with van der Waals surface area (Å²) in [6.07, 6.45) is 1.92. The van der Waals surface area contributed by atoms with E-state index < -0.39 is 0 Å². The Morgan fingerprint density at radius 3 is 2.60 bits per heavy atom. The molecule has 0 aliphatic heterocycles. The molecule has 2 aromatic heterocycles. The minimum atomic E-state index is -0.140. The number of hydrogen-bond donors (Lipinski definition) is 2. The van der Waals surface area contributed by atoms with E-state index >= 15 is 0 Å². The Balaban J connectivity index is 1.41. The zero-order chi connectivity index (χ0) is 24.2. The van der Waals surface area contributed by atoms with Crippen molar-refractivity contribution >= 4 is 45.9 Å². The van der Waals surface area contributed by atoms with Crippen LogP contribution in [0.25, 0.3) is 28.0 Å². The van der Waals surface area contributed by atoms with Gasteiger partial charge >= 0.3 is 0 Å². The molecule has 2 heterocycles. The Labute approximate surface area is 211 Å². The minimum absolute atomic E-state index is 0.140. The second kappa shape index (κ2) is 10.2. The van der Waals surface area contributed by atoms with Gasteiger partial charge in [-0.25, -0.2) is 0 Å². The number of hydrogen-bond acceptors (Lipinski definition) is 5. The van der Waals surface area contributed by atoms with Crippen molar-refractivity contribution in [3.05, 3.63) is 84.0 Å². The standard InChI is InChI=1S/C26H22ClN5O2S/c1-2-34-20-13-9-18(10-14-20)29-24(33)16-35-26-31-30-25(32(26)19-11-7-17(27)8-12-19)22-15-28-23-6-4-3-5-21(22)23/h3-15,28H,2,16H2,1H3,(H,29,33). The average Bonchev–Trinajstić information content (AvgIpc) is 3.49. The molecule has 35 heavy (non-hydrogen) atoms. The number of carbonyl (C=O) groups excluding carboxylic acids is 1. The fourth-order valence-electron chi connectivity index (χ4n) is 3.75. The molecule has 0 radical (unpaired) electrons. The summed E-state index contributed by atoms with van der Waals surface area (Å²) >= 11 is 7.44. The van der Waals surface area contributed by atoms with E-state index in [0.717, 1.165) is 27.9 Å². The van der Waals surface area contributed by atoms with Gasteiger partial charge in [-0.05, 0) is 61.5 Å². The second-order valence-electron chi connectivity index (χ2n) is 7.66. The van der Waals surface area contributed by atoms with Crippen LogP contribution in [0.15, 0.2) is 84.1 Å². The number of nitrogens with one attached hydrogen (secondary N) is 2. The first-order valence-corrected chi connectivity index (χ1v) is 12.4. The Bertz CT molecular complexity index is 1460. The molecule has 0 aliphatic rings. The highest BCUT2D eigenvalue weighted by Crippen LogP contribution is 2.32. The van der Waals surface area contributed by atoms with Gasteiger partial charge in [-0.3, -0.25) is 9.36 Å². The number of halogens is 1. The van der Waals surface area contributed by atoms with Crippen LogP contribution in [0.4, 0.5) is 5.69 Å². The number of rotatable bonds is 8. The SMILES string of the molecule is CCOc1ccc(NC(=O)CSc2nnc(-c3c[nH]c4ccccc34)n2-c2ccc(Cl)cc2)cc1.